The third-order valence-corrected chi connectivity index (χ3v) is 3.78. The monoisotopic (exact) mass is 374 g/mol. The van der Waals surface area contributed by atoms with Gasteiger partial charge in [-0.1, -0.05) is 43.0 Å². The Bertz CT molecular complexity index is 586. The number of rotatable bonds is 6. The average molecular weight is 375 g/mol. The number of hydrogen-bond donors (Lipinski definition) is 2. The van der Waals surface area contributed by atoms with Crippen LogP contribution in [0, 0.1) is 0 Å². The second-order valence-corrected chi connectivity index (χ2v) is 7.27. The Morgan fingerprint density at radius 1 is 1.21 bits per heavy atom. The Hall–Kier alpha value is -1.46. The molecule has 0 heterocycles. The van der Waals surface area contributed by atoms with Crippen molar-refractivity contribution in [2.45, 2.75) is 58.6 Å². The molecule has 0 radical (unpaired) electrons. The van der Waals surface area contributed by atoms with Crippen molar-refractivity contribution < 1.29 is 14.3 Å². The van der Waals surface area contributed by atoms with Gasteiger partial charge in [-0.2, -0.15) is 0 Å². The van der Waals surface area contributed by atoms with E-state index in [0.29, 0.717) is 22.2 Å². The van der Waals surface area contributed by atoms with Gasteiger partial charge in [-0.05, 0) is 45.4 Å². The Balaban J connectivity index is 2.76. The number of benzene rings is 1. The summed E-state index contributed by atoms with van der Waals surface area (Å²) in [6.45, 7) is 7.32. The predicted molar refractivity (Wildman–Crippen MR) is 97.8 cm³/mol. The van der Waals surface area contributed by atoms with Crippen LogP contribution in [0.5, 0.6) is 0 Å². The molecule has 0 bridgehead atoms. The van der Waals surface area contributed by atoms with E-state index >= 15 is 0 Å². The smallest absolute Gasteiger partial charge is 0.408 e. The molecule has 7 heteroatoms. The molecule has 0 aliphatic carbocycles. The van der Waals surface area contributed by atoms with Crippen molar-refractivity contribution in [3.8, 4) is 0 Å². The molecule has 24 heavy (non-hydrogen) atoms. The molecule has 1 aromatic rings. The molecule has 1 unspecified atom stereocenters. The Kier molecular flexibility index (Phi) is 7.84. The normalized spacial score (nSPS) is 12.4. The maximum Gasteiger partial charge on any atom is 0.408 e. The van der Waals surface area contributed by atoms with E-state index in [1.807, 2.05) is 6.92 Å². The van der Waals surface area contributed by atoms with E-state index in [0.717, 1.165) is 12.8 Å². The van der Waals surface area contributed by atoms with Gasteiger partial charge < -0.3 is 15.4 Å². The van der Waals surface area contributed by atoms with E-state index in [1.165, 1.54) is 0 Å². The summed E-state index contributed by atoms with van der Waals surface area (Å²) in [7, 11) is 0. The SMILES string of the molecule is CCCCC(NC(=O)OC(C)(C)C)C(=O)Nc1ccc(Cl)c(Cl)c1. The van der Waals surface area contributed by atoms with Crippen molar-refractivity contribution in [2.75, 3.05) is 5.32 Å². The zero-order valence-electron chi connectivity index (χ0n) is 14.4. The van der Waals surface area contributed by atoms with E-state index in [2.05, 4.69) is 10.6 Å². The van der Waals surface area contributed by atoms with Crippen LogP contribution < -0.4 is 10.6 Å². The number of halogens is 2. The van der Waals surface area contributed by atoms with Crippen LogP contribution in [0.4, 0.5) is 10.5 Å². The van der Waals surface area contributed by atoms with Crippen molar-refractivity contribution in [1.82, 2.24) is 5.32 Å². The molecule has 134 valence electrons. The number of carbonyl (C=O) groups is 2. The molecule has 1 atom stereocenters. The lowest BCUT2D eigenvalue weighted by Crippen LogP contribution is -2.45. The molecule has 2 amide bonds. The first-order chi connectivity index (χ1) is 11.1. The van der Waals surface area contributed by atoms with Gasteiger partial charge in [-0.25, -0.2) is 4.79 Å². The predicted octanol–water partition coefficient (Wildman–Crippen LogP) is 5.02. The minimum atomic E-state index is -0.686. The number of nitrogens with one attached hydrogen (secondary N) is 2. The summed E-state index contributed by atoms with van der Waals surface area (Å²) in [4.78, 5) is 24.4. The fourth-order valence-electron chi connectivity index (χ4n) is 1.93. The van der Waals surface area contributed by atoms with Crippen LogP contribution >= 0.6 is 23.2 Å². The first kappa shape index (κ1) is 20.6. The molecule has 0 aromatic heterocycles. The third kappa shape index (κ3) is 7.41. The number of carbonyl (C=O) groups excluding carboxylic acids is 2. The van der Waals surface area contributed by atoms with Gasteiger partial charge in [0.1, 0.15) is 11.6 Å². The zero-order chi connectivity index (χ0) is 18.3. The van der Waals surface area contributed by atoms with Gasteiger partial charge in [0.05, 0.1) is 10.0 Å². The van der Waals surface area contributed by atoms with Crippen LogP contribution in [-0.4, -0.2) is 23.6 Å². The van der Waals surface area contributed by atoms with Crippen LogP contribution in [0.1, 0.15) is 47.0 Å². The van der Waals surface area contributed by atoms with Crippen molar-refractivity contribution in [3.63, 3.8) is 0 Å². The van der Waals surface area contributed by atoms with Crippen molar-refractivity contribution in [1.29, 1.82) is 0 Å². The highest BCUT2D eigenvalue weighted by atomic mass is 35.5. The number of amides is 2. The fraction of sp³-hybridized carbons (Fsp3) is 0.529. The molecular formula is C17H24Cl2N2O3. The molecule has 0 aliphatic heterocycles. The molecule has 0 fully saturated rings. The quantitative estimate of drug-likeness (QED) is 0.734. The lowest BCUT2D eigenvalue weighted by Gasteiger charge is -2.23. The van der Waals surface area contributed by atoms with Gasteiger partial charge in [0.2, 0.25) is 5.91 Å². The van der Waals surface area contributed by atoms with Gasteiger partial charge in [-0.3, -0.25) is 4.79 Å². The Labute approximate surface area is 153 Å². The summed E-state index contributed by atoms with van der Waals surface area (Å²) < 4.78 is 5.21. The number of unbranched alkanes of at least 4 members (excludes halogenated alkanes) is 1. The number of alkyl carbamates (subject to hydrolysis) is 1. The minimum Gasteiger partial charge on any atom is -0.444 e. The first-order valence-corrected chi connectivity index (χ1v) is 8.63. The molecule has 1 aromatic carbocycles. The second kappa shape index (κ2) is 9.14. The number of hydrogen-bond acceptors (Lipinski definition) is 3. The van der Waals surface area contributed by atoms with E-state index in [4.69, 9.17) is 27.9 Å². The summed E-state index contributed by atoms with van der Waals surface area (Å²) in [5.74, 6) is -0.326. The van der Waals surface area contributed by atoms with Crippen molar-refractivity contribution in [2.24, 2.45) is 0 Å². The first-order valence-electron chi connectivity index (χ1n) is 7.88. The van der Waals surface area contributed by atoms with E-state index in [1.54, 1.807) is 39.0 Å². The van der Waals surface area contributed by atoms with Crippen LogP contribution in [-0.2, 0) is 9.53 Å². The molecular weight excluding hydrogens is 351 g/mol. The third-order valence-electron chi connectivity index (χ3n) is 3.04. The van der Waals surface area contributed by atoms with Gasteiger partial charge >= 0.3 is 6.09 Å². The van der Waals surface area contributed by atoms with E-state index in [-0.39, 0.29) is 5.91 Å². The lowest BCUT2D eigenvalue weighted by atomic mass is 10.1. The largest absolute Gasteiger partial charge is 0.444 e. The van der Waals surface area contributed by atoms with Crippen molar-refractivity contribution in [3.05, 3.63) is 28.2 Å². The van der Waals surface area contributed by atoms with Gasteiger partial charge in [-0.15, -0.1) is 0 Å². The van der Waals surface area contributed by atoms with Gasteiger partial charge in [0.15, 0.2) is 0 Å². The second-order valence-electron chi connectivity index (χ2n) is 6.46. The van der Waals surface area contributed by atoms with Crippen LogP contribution in [0.15, 0.2) is 18.2 Å². The van der Waals surface area contributed by atoms with Crippen molar-refractivity contribution >= 4 is 40.9 Å². The van der Waals surface area contributed by atoms with Crippen LogP contribution in [0.3, 0.4) is 0 Å². The highest BCUT2D eigenvalue weighted by molar-refractivity contribution is 6.42. The van der Waals surface area contributed by atoms with Crippen LogP contribution in [0.25, 0.3) is 0 Å². The summed E-state index contributed by atoms with van der Waals surface area (Å²) in [5, 5.41) is 6.11. The number of ether oxygens (including phenoxy) is 1. The lowest BCUT2D eigenvalue weighted by molar-refractivity contribution is -0.118. The Morgan fingerprint density at radius 2 is 1.88 bits per heavy atom. The Morgan fingerprint density at radius 3 is 2.42 bits per heavy atom. The molecule has 0 spiro atoms. The maximum atomic E-state index is 12.5. The topological polar surface area (TPSA) is 67.4 Å². The summed E-state index contributed by atoms with van der Waals surface area (Å²) in [5.41, 5.74) is -0.110. The molecule has 2 N–H and O–H groups in total. The number of anilines is 1. The average Bonchev–Trinajstić information content (AvgIpc) is 2.45. The van der Waals surface area contributed by atoms with E-state index < -0.39 is 17.7 Å². The molecule has 0 saturated carbocycles. The minimum absolute atomic E-state index is 0.326. The highest BCUT2D eigenvalue weighted by Gasteiger charge is 2.24. The van der Waals surface area contributed by atoms with E-state index in [9.17, 15) is 9.59 Å². The van der Waals surface area contributed by atoms with Gasteiger partial charge in [0, 0.05) is 5.69 Å². The molecule has 0 aliphatic rings. The van der Waals surface area contributed by atoms with Crippen LogP contribution in [0.2, 0.25) is 10.0 Å². The summed E-state index contributed by atoms with van der Waals surface area (Å²) in [6.07, 6.45) is 1.61. The van der Waals surface area contributed by atoms with Gasteiger partial charge in [0.25, 0.3) is 0 Å². The summed E-state index contributed by atoms with van der Waals surface area (Å²) >= 11 is 11.8. The standard InChI is InChI=1S/C17H24Cl2N2O3/c1-5-6-7-14(21-16(23)24-17(2,3)4)15(22)20-11-8-9-12(18)13(19)10-11/h8-10,14H,5-7H2,1-4H3,(H,20,22)(H,21,23). The maximum absolute atomic E-state index is 12.5. The summed E-state index contributed by atoms with van der Waals surface area (Å²) in [6, 6.07) is 4.12. The molecule has 1 rings (SSSR count). The highest BCUT2D eigenvalue weighted by Crippen LogP contribution is 2.25. The molecule has 5 nitrogen and oxygen atoms in total. The fourth-order valence-corrected chi connectivity index (χ4v) is 2.23. The zero-order valence-corrected chi connectivity index (χ0v) is 15.9. The molecule has 0 saturated heterocycles.